The van der Waals surface area contributed by atoms with Crippen LogP contribution >= 0.6 is 0 Å². The van der Waals surface area contributed by atoms with Crippen molar-refractivity contribution < 1.29 is 19.1 Å². The Morgan fingerprint density at radius 2 is 1.81 bits per heavy atom. The van der Waals surface area contributed by atoms with Crippen LogP contribution in [0.2, 0.25) is 0 Å². The molecule has 2 aliphatic rings. The van der Waals surface area contributed by atoms with Gasteiger partial charge >= 0.3 is 12.0 Å². The summed E-state index contributed by atoms with van der Waals surface area (Å²) < 4.78 is 11.2. The van der Waals surface area contributed by atoms with Gasteiger partial charge in [-0.25, -0.2) is 9.59 Å². The summed E-state index contributed by atoms with van der Waals surface area (Å²) in [6.45, 7) is 1.73. The Morgan fingerprint density at radius 1 is 1.12 bits per heavy atom. The zero-order valence-electron chi connectivity index (χ0n) is 15.3. The Hall–Kier alpha value is -2.50. The van der Waals surface area contributed by atoms with Crippen LogP contribution in [0.3, 0.4) is 0 Å². The lowest BCUT2D eigenvalue weighted by Crippen LogP contribution is -2.45. The van der Waals surface area contributed by atoms with E-state index in [1.165, 1.54) is 12.8 Å². The number of methoxy groups -OCH3 is 1. The number of amides is 2. The maximum absolute atomic E-state index is 13.0. The molecule has 0 spiro atoms. The third-order valence-corrected chi connectivity index (χ3v) is 5.01. The Labute approximate surface area is 153 Å². The first kappa shape index (κ1) is 18.3. The molecule has 3 rings (SSSR count). The molecule has 1 aromatic carbocycles. The van der Waals surface area contributed by atoms with Crippen LogP contribution < -0.4 is 15.4 Å². The molecule has 1 atom stereocenters. The number of ether oxygens (including phenoxy) is 2. The summed E-state index contributed by atoms with van der Waals surface area (Å²) in [5.41, 5.74) is 1.68. The Balaban J connectivity index is 1.89. The fourth-order valence-electron chi connectivity index (χ4n) is 3.68. The molecule has 1 heterocycles. The minimum absolute atomic E-state index is 0.0544. The second-order valence-corrected chi connectivity index (χ2v) is 6.83. The van der Waals surface area contributed by atoms with Gasteiger partial charge in [0.05, 0.1) is 18.7 Å². The lowest BCUT2D eigenvalue weighted by atomic mass is 9.94. The normalized spacial score (nSPS) is 21.5. The SMILES string of the molecule is COc1ccccc1[C@@H]1NC(=O)NC(C)=C1C(=O)OC1CCCCCC1. The van der Waals surface area contributed by atoms with Crippen LogP contribution in [0.25, 0.3) is 0 Å². The first-order valence-corrected chi connectivity index (χ1v) is 9.22. The van der Waals surface area contributed by atoms with E-state index in [2.05, 4.69) is 10.6 Å². The van der Waals surface area contributed by atoms with Crippen LogP contribution in [0.1, 0.15) is 57.1 Å². The second kappa shape index (κ2) is 8.25. The molecule has 0 unspecified atom stereocenters. The van der Waals surface area contributed by atoms with Gasteiger partial charge in [-0.05, 0) is 38.7 Å². The first-order valence-electron chi connectivity index (χ1n) is 9.22. The van der Waals surface area contributed by atoms with Crippen LogP contribution in [0, 0.1) is 0 Å². The Kier molecular flexibility index (Phi) is 5.81. The van der Waals surface area contributed by atoms with Gasteiger partial charge in [0.15, 0.2) is 0 Å². The summed E-state index contributed by atoms with van der Waals surface area (Å²) in [5.74, 6) is 0.241. The third kappa shape index (κ3) is 4.00. The zero-order valence-corrected chi connectivity index (χ0v) is 15.3. The predicted octanol–water partition coefficient (Wildman–Crippen LogP) is 3.59. The molecule has 6 heteroatoms. The fraction of sp³-hybridized carbons (Fsp3) is 0.500. The van der Waals surface area contributed by atoms with Crippen molar-refractivity contribution in [3.05, 3.63) is 41.1 Å². The van der Waals surface area contributed by atoms with E-state index in [0.29, 0.717) is 17.0 Å². The van der Waals surface area contributed by atoms with E-state index < -0.39 is 6.04 Å². The quantitative estimate of drug-likeness (QED) is 0.637. The maximum atomic E-state index is 13.0. The number of para-hydroxylation sites is 1. The minimum Gasteiger partial charge on any atom is -0.496 e. The lowest BCUT2D eigenvalue weighted by Gasteiger charge is -2.30. The van der Waals surface area contributed by atoms with Gasteiger partial charge in [0.1, 0.15) is 11.9 Å². The standard InChI is InChI=1S/C20H26N2O4/c1-13-17(19(23)26-14-9-5-3-4-6-10-14)18(22-20(24)21-13)15-11-7-8-12-16(15)25-2/h7-8,11-12,14,18H,3-6,9-10H2,1-2H3,(H2,21,22,24)/t18-/m0/s1. The monoisotopic (exact) mass is 358 g/mol. The van der Waals surface area contributed by atoms with Crippen LogP contribution in [0.4, 0.5) is 4.79 Å². The minimum atomic E-state index is -0.599. The average Bonchev–Trinajstić information content (AvgIpc) is 2.89. The molecule has 2 N–H and O–H groups in total. The lowest BCUT2D eigenvalue weighted by molar-refractivity contribution is -0.145. The number of rotatable bonds is 4. The zero-order chi connectivity index (χ0) is 18.5. The number of hydrogen-bond acceptors (Lipinski definition) is 4. The molecule has 26 heavy (non-hydrogen) atoms. The van der Waals surface area contributed by atoms with Crippen LogP contribution in [0.5, 0.6) is 5.75 Å². The summed E-state index contributed by atoms with van der Waals surface area (Å²) >= 11 is 0. The number of benzene rings is 1. The molecule has 1 fully saturated rings. The van der Waals surface area contributed by atoms with Crippen molar-refractivity contribution in [2.75, 3.05) is 7.11 Å². The fourth-order valence-corrected chi connectivity index (χ4v) is 3.68. The smallest absolute Gasteiger partial charge is 0.338 e. The Bertz CT molecular complexity index is 706. The molecular formula is C20H26N2O4. The Morgan fingerprint density at radius 3 is 2.50 bits per heavy atom. The number of urea groups is 1. The molecular weight excluding hydrogens is 332 g/mol. The van der Waals surface area contributed by atoms with Gasteiger partial charge in [0.2, 0.25) is 0 Å². The number of carbonyl (C=O) groups is 2. The topological polar surface area (TPSA) is 76.7 Å². The van der Waals surface area contributed by atoms with Crippen molar-refractivity contribution in [1.82, 2.24) is 10.6 Å². The van der Waals surface area contributed by atoms with E-state index in [9.17, 15) is 9.59 Å². The van der Waals surface area contributed by atoms with E-state index in [0.717, 1.165) is 31.2 Å². The van der Waals surface area contributed by atoms with Crippen molar-refractivity contribution in [1.29, 1.82) is 0 Å². The van der Waals surface area contributed by atoms with Crippen LogP contribution in [-0.2, 0) is 9.53 Å². The molecule has 1 aliphatic heterocycles. The number of esters is 1. The summed E-state index contributed by atoms with van der Waals surface area (Å²) in [5, 5.41) is 5.51. The van der Waals surface area contributed by atoms with Crippen LogP contribution in [0.15, 0.2) is 35.5 Å². The molecule has 1 saturated carbocycles. The van der Waals surface area contributed by atoms with Gasteiger partial charge in [0, 0.05) is 11.3 Å². The van der Waals surface area contributed by atoms with Crippen molar-refractivity contribution in [2.24, 2.45) is 0 Å². The summed E-state index contributed by atoms with van der Waals surface area (Å²) in [4.78, 5) is 25.0. The van der Waals surface area contributed by atoms with Gasteiger partial charge in [-0.2, -0.15) is 0 Å². The van der Waals surface area contributed by atoms with E-state index in [1.54, 1.807) is 14.0 Å². The summed E-state index contributed by atoms with van der Waals surface area (Å²) in [7, 11) is 1.57. The van der Waals surface area contributed by atoms with E-state index >= 15 is 0 Å². The molecule has 0 saturated heterocycles. The van der Waals surface area contributed by atoms with Gasteiger partial charge in [-0.1, -0.05) is 31.0 Å². The number of allylic oxidation sites excluding steroid dienone is 1. The largest absolute Gasteiger partial charge is 0.496 e. The molecule has 0 aromatic heterocycles. The number of hydrogen-bond donors (Lipinski definition) is 2. The third-order valence-electron chi connectivity index (χ3n) is 5.01. The highest BCUT2D eigenvalue weighted by atomic mass is 16.5. The van der Waals surface area contributed by atoms with Gasteiger partial charge < -0.3 is 20.1 Å². The van der Waals surface area contributed by atoms with Gasteiger partial charge in [0.25, 0.3) is 0 Å². The maximum Gasteiger partial charge on any atom is 0.338 e. The van der Waals surface area contributed by atoms with E-state index in [1.807, 2.05) is 24.3 Å². The molecule has 2 amide bonds. The highest BCUT2D eigenvalue weighted by Gasteiger charge is 2.34. The predicted molar refractivity (Wildman–Crippen MR) is 97.7 cm³/mol. The molecule has 1 aliphatic carbocycles. The molecule has 0 radical (unpaired) electrons. The average molecular weight is 358 g/mol. The highest BCUT2D eigenvalue weighted by molar-refractivity contribution is 5.95. The van der Waals surface area contributed by atoms with Gasteiger partial charge in [-0.3, -0.25) is 0 Å². The summed E-state index contributed by atoms with van der Waals surface area (Å²) in [6.07, 6.45) is 6.30. The van der Waals surface area contributed by atoms with Crippen molar-refractivity contribution in [3.8, 4) is 5.75 Å². The van der Waals surface area contributed by atoms with Crippen LogP contribution in [-0.4, -0.2) is 25.2 Å². The van der Waals surface area contributed by atoms with Crippen molar-refractivity contribution in [3.63, 3.8) is 0 Å². The molecule has 1 aromatic rings. The highest BCUT2D eigenvalue weighted by Crippen LogP contribution is 2.34. The molecule has 140 valence electrons. The first-order chi connectivity index (χ1) is 12.6. The van der Waals surface area contributed by atoms with Crippen molar-refractivity contribution >= 4 is 12.0 Å². The van der Waals surface area contributed by atoms with Gasteiger partial charge in [-0.15, -0.1) is 0 Å². The number of carbonyl (C=O) groups excluding carboxylic acids is 2. The molecule has 6 nitrogen and oxygen atoms in total. The molecule has 0 bridgehead atoms. The van der Waals surface area contributed by atoms with Crippen molar-refractivity contribution in [2.45, 2.75) is 57.6 Å². The van der Waals surface area contributed by atoms with E-state index in [-0.39, 0.29) is 18.1 Å². The summed E-state index contributed by atoms with van der Waals surface area (Å²) in [6, 6.07) is 6.43. The second-order valence-electron chi connectivity index (χ2n) is 6.83. The number of nitrogens with one attached hydrogen (secondary N) is 2. The van der Waals surface area contributed by atoms with E-state index in [4.69, 9.17) is 9.47 Å².